The van der Waals surface area contributed by atoms with Crippen LogP contribution in [0, 0.1) is 0 Å². The van der Waals surface area contributed by atoms with Crippen molar-refractivity contribution in [3.8, 4) is 0 Å². The molecule has 1 N–H and O–H groups in total. The second-order valence-electron chi connectivity index (χ2n) is 5.33. The molecular weight excluding hydrogens is 260 g/mol. The van der Waals surface area contributed by atoms with E-state index < -0.39 is 0 Å². The van der Waals surface area contributed by atoms with Crippen molar-refractivity contribution >= 4 is 17.3 Å². The Morgan fingerprint density at radius 2 is 1.89 bits per heavy atom. The molecule has 1 aromatic rings. The van der Waals surface area contributed by atoms with Crippen LogP contribution in [0.2, 0.25) is 5.02 Å². The smallest absolute Gasteiger partial charge is 0.0642 e. The number of benzene rings is 1. The predicted octanol–water partition coefficient (Wildman–Crippen LogP) is 2.64. The zero-order chi connectivity index (χ0) is 13.1. The second-order valence-corrected chi connectivity index (χ2v) is 5.76. The third-order valence-electron chi connectivity index (χ3n) is 4.12. The van der Waals surface area contributed by atoms with E-state index >= 15 is 0 Å². The third kappa shape index (κ3) is 3.04. The zero-order valence-electron chi connectivity index (χ0n) is 11.2. The van der Waals surface area contributed by atoms with Crippen LogP contribution >= 0.6 is 11.6 Å². The highest BCUT2D eigenvalue weighted by Gasteiger charge is 2.22. The van der Waals surface area contributed by atoms with Crippen molar-refractivity contribution in [2.45, 2.75) is 18.8 Å². The van der Waals surface area contributed by atoms with E-state index in [0.717, 1.165) is 44.4 Å². The molecule has 2 saturated heterocycles. The molecule has 0 aliphatic carbocycles. The lowest BCUT2D eigenvalue weighted by atomic mass is 9.88. The molecule has 3 nitrogen and oxygen atoms in total. The van der Waals surface area contributed by atoms with Crippen LogP contribution < -0.4 is 10.2 Å². The van der Waals surface area contributed by atoms with E-state index in [1.54, 1.807) is 0 Å². The molecule has 19 heavy (non-hydrogen) atoms. The Bertz CT molecular complexity index is 426. The lowest BCUT2D eigenvalue weighted by molar-refractivity contribution is 0.122. The molecular formula is C15H21ClN2O. The summed E-state index contributed by atoms with van der Waals surface area (Å²) in [4.78, 5) is 2.44. The Balaban J connectivity index is 1.88. The van der Waals surface area contributed by atoms with Gasteiger partial charge in [0.05, 0.1) is 13.2 Å². The van der Waals surface area contributed by atoms with Gasteiger partial charge in [-0.25, -0.2) is 0 Å². The minimum atomic E-state index is 0.637. The number of ether oxygens (including phenoxy) is 1. The topological polar surface area (TPSA) is 24.5 Å². The second kappa shape index (κ2) is 6.12. The van der Waals surface area contributed by atoms with Gasteiger partial charge in [0.25, 0.3) is 0 Å². The highest BCUT2D eigenvalue weighted by molar-refractivity contribution is 6.30. The molecule has 0 unspecified atom stereocenters. The molecule has 0 amide bonds. The standard InChI is InChI=1S/C15H21ClN2O/c16-13-1-2-15(18-7-9-19-10-8-18)14(11-13)12-3-5-17-6-4-12/h1-2,11-12,17H,3-10H2. The minimum absolute atomic E-state index is 0.637. The van der Waals surface area contributed by atoms with Gasteiger partial charge in [-0.3, -0.25) is 0 Å². The Kier molecular flexibility index (Phi) is 4.26. The first-order valence-corrected chi connectivity index (χ1v) is 7.55. The summed E-state index contributed by atoms with van der Waals surface area (Å²) in [7, 11) is 0. The maximum Gasteiger partial charge on any atom is 0.0642 e. The number of nitrogens with one attached hydrogen (secondary N) is 1. The molecule has 0 saturated carbocycles. The molecule has 4 heteroatoms. The zero-order valence-corrected chi connectivity index (χ0v) is 12.0. The molecule has 0 radical (unpaired) electrons. The molecule has 2 fully saturated rings. The van der Waals surface area contributed by atoms with Crippen molar-refractivity contribution in [2.75, 3.05) is 44.3 Å². The van der Waals surface area contributed by atoms with Gasteiger partial charge in [-0.1, -0.05) is 11.6 Å². The summed E-state index contributed by atoms with van der Waals surface area (Å²) in [5.41, 5.74) is 2.79. The summed E-state index contributed by atoms with van der Waals surface area (Å²) in [6.45, 7) is 5.85. The summed E-state index contributed by atoms with van der Waals surface area (Å²) < 4.78 is 5.45. The van der Waals surface area contributed by atoms with E-state index in [4.69, 9.17) is 16.3 Å². The van der Waals surface area contributed by atoms with Gasteiger partial charge in [0.1, 0.15) is 0 Å². The predicted molar refractivity (Wildman–Crippen MR) is 79.3 cm³/mol. The molecule has 0 atom stereocenters. The molecule has 0 bridgehead atoms. The molecule has 2 heterocycles. The van der Waals surface area contributed by atoms with Crippen LogP contribution in [0.15, 0.2) is 18.2 Å². The van der Waals surface area contributed by atoms with Gasteiger partial charge in [0.2, 0.25) is 0 Å². The van der Waals surface area contributed by atoms with Crippen molar-refractivity contribution in [1.82, 2.24) is 5.32 Å². The number of piperidine rings is 1. The molecule has 2 aliphatic heterocycles. The number of anilines is 1. The number of rotatable bonds is 2. The van der Waals surface area contributed by atoms with Gasteiger partial charge < -0.3 is 15.0 Å². The van der Waals surface area contributed by atoms with Crippen LogP contribution in [-0.4, -0.2) is 39.4 Å². The fraction of sp³-hybridized carbons (Fsp3) is 0.600. The van der Waals surface area contributed by atoms with Crippen molar-refractivity contribution < 1.29 is 4.74 Å². The van der Waals surface area contributed by atoms with Crippen LogP contribution in [0.25, 0.3) is 0 Å². The Hall–Kier alpha value is -0.770. The summed E-state index contributed by atoms with van der Waals surface area (Å²) in [6, 6.07) is 6.37. The molecule has 104 valence electrons. The van der Waals surface area contributed by atoms with E-state index in [-0.39, 0.29) is 0 Å². The van der Waals surface area contributed by atoms with E-state index in [2.05, 4.69) is 22.3 Å². The first kappa shape index (κ1) is 13.2. The van der Waals surface area contributed by atoms with Crippen LogP contribution in [0.1, 0.15) is 24.3 Å². The molecule has 0 aromatic heterocycles. The Labute approximate surface area is 119 Å². The lowest BCUT2D eigenvalue weighted by Gasteiger charge is -2.33. The molecule has 0 spiro atoms. The first-order chi connectivity index (χ1) is 9.34. The van der Waals surface area contributed by atoms with Crippen LogP contribution in [-0.2, 0) is 4.74 Å². The van der Waals surface area contributed by atoms with Crippen LogP contribution in [0.3, 0.4) is 0 Å². The van der Waals surface area contributed by atoms with E-state index in [0.29, 0.717) is 5.92 Å². The quantitative estimate of drug-likeness (QED) is 0.901. The monoisotopic (exact) mass is 280 g/mol. The summed E-state index contributed by atoms with van der Waals surface area (Å²) >= 11 is 6.22. The average Bonchev–Trinajstić information content (AvgIpc) is 2.49. The fourth-order valence-electron chi connectivity index (χ4n) is 3.08. The maximum atomic E-state index is 6.22. The van der Waals surface area contributed by atoms with Gasteiger partial charge in [-0.15, -0.1) is 0 Å². The Morgan fingerprint density at radius 3 is 2.63 bits per heavy atom. The van der Waals surface area contributed by atoms with Gasteiger partial charge in [-0.2, -0.15) is 0 Å². The minimum Gasteiger partial charge on any atom is -0.378 e. The van der Waals surface area contributed by atoms with Gasteiger partial charge in [0, 0.05) is 23.8 Å². The van der Waals surface area contributed by atoms with Gasteiger partial charge in [-0.05, 0) is 55.6 Å². The van der Waals surface area contributed by atoms with Crippen molar-refractivity contribution in [2.24, 2.45) is 0 Å². The van der Waals surface area contributed by atoms with Gasteiger partial charge in [0.15, 0.2) is 0 Å². The highest BCUT2D eigenvalue weighted by Crippen LogP contribution is 2.35. The van der Waals surface area contributed by atoms with E-state index in [9.17, 15) is 0 Å². The van der Waals surface area contributed by atoms with Crippen LogP contribution in [0.4, 0.5) is 5.69 Å². The van der Waals surface area contributed by atoms with Gasteiger partial charge >= 0.3 is 0 Å². The fourth-order valence-corrected chi connectivity index (χ4v) is 3.26. The average molecular weight is 281 g/mol. The highest BCUT2D eigenvalue weighted by atomic mass is 35.5. The normalized spacial score (nSPS) is 21.6. The van der Waals surface area contributed by atoms with Crippen molar-refractivity contribution in [3.63, 3.8) is 0 Å². The third-order valence-corrected chi connectivity index (χ3v) is 4.36. The summed E-state index contributed by atoms with van der Waals surface area (Å²) in [6.07, 6.45) is 2.41. The number of nitrogens with zero attached hydrogens (tertiary/aromatic N) is 1. The van der Waals surface area contributed by atoms with E-state index in [1.807, 2.05) is 6.07 Å². The Morgan fingerprint density at radius 1 is 1.16 bits per heavy atom. The van der Waals surface area contributed by atoms with Crippen LogP contribution in [0.5, 0.6) is 0 Å². The summed E-state index contributed by atoms with van der Waals surface area (Å²) in [5.74, 6) is 0.637. The number of hydrogen-bond acceptors (Lipinski definition) is 3. The lowest BCUT2D eigenvalue weighted by Crippen LogP contribution is -2.37. The first-order valence-electron chi connectivity index (χ1n) is 7.17. The van der Waals surface area contributed by atoms with Crippen molar-refractivity contribution in [1.29, 1.82) is 0 Å². The largest absolute Gasteiger partial charge is 0.378 e. The van der Waals surface area contributed by atoms with Crippen molar-refractivity contribution in [3.05, 3.63) is 28.8 Å². The molecule has 1 aromatic carbocycles. The summed E-state index contributed by atoms with van der Waals surface area (Å²) in [5, 5.41) is 4.28. The maximum absolute atomic E-state index is 6.22. The SMILES string of the molecule is Clc1ccc(N2CCOCC2)c(C2CCNCC2)c1. The number of hydrogen-bond donors (Lipinski definition) is 1. The van der Waals surface area contributed by atoms with E-state index in [1.165, 1.54) is 24.1 Å². The number of morpholine rings is 1. The number of halogens is 1. The molecule has 3 rings (SSSR count). The molecule has 2 aliphatic rings.